The van der Waals surface area contributed by atoms with E-state index in [4.69, 9.17) is 5.10 Å². The third-order valence-corrected chi connectivity index (χ3v) is 7.62. The standard InChI is InChI=1S/C25H33FN4O/c1-18-23-11-14-29(17-24(23)30(27-18)16-20-3-7-21(26)8-4-20)25(31)15-19-5-9-22(10-6-19)28-12-2-13-28/h3-4,7-8,19,22H,2,5-6,9-17H2,1H3. The van der Waals surface area contributed by atoms with Gasteiger partial charge in [-0.3, -0.25) is 9.48 Å². The first-order valence-electron chi connectivity index (χ1n) is 11.9. The van der Waals surface area contributed by atoms with Gasteiger partial charge < -0.3 is 9.80 Å². The van der Waals surface area contributed by atoms with Crippen molar-refractivity contribution < 1.29 is 9.18 Å². The van der Waals surface area contributed by atoms with E-state index in [0.29, 0.717) is 31.3 Å². The van der Waals surface area contributed by atoms with Gasteiger partial charge in [-0.15, -0.1) is 0 Å². The van der Waals surface area contributed by atoms with E-state index in [2.05, 4.69) is 4.90 Å². The molecule has 2 fully saturated rings. The molecule has 0 spiro atoms. The molecule has 5 rings (SSSR count). The van der Waals surface area contributed by atoms with Gasteiger partial charge in [0.2, 0.25) is 5.91 Å². The summed E-state index contributed by atoms with van der Waals surface area (Å²) in [4.78, 5) is 17.8. The van der Waals surface area contributed by atoms with Gasteiger partial charge in [0.25, 0.3) is 0 Å². The first-order chi connectivity index (χ1) is 15.1. The van der Waals surface area contributed by atoms with E-state index in [9.17, 15) is 9.18 Å². The monoisotopic (exact) mass is 424 g/mol. The zero-order chi connectivity index (χ0) is 21.4. The number of amides is 1. The Morgan fingerprint density at radius 2 is 1.84 bits per heavy atom. The van der Waals surface area contributed by atoms with E-state index in [0.717, 1.165) is 36.0 Å². The summed E-state index contributed by atoms with van der Waals surface area (Å²) in [6, 6.07) is 7.36. The first kappa shape index (κ1) is 20.7. The average molecular weight is 425 g/mol. The molecule has 0 N–H and O–H groups in total. The zero-order valence-corrected chi connectivity index (χ0v) is 18.5. The molecule has 1 saturated carbocycles. The number of hydrogen-bond acceptors (Lipinski definition) is 3. The molecule has 166 valence electrons. The molecule has 3 heterocycles. The van der Waals surface area contributed by atoms with Crippen LogP contribution >= 0.6 is 0 Å². The molecular weight excluding hydrogens is 391 g/mol. The summed E-state index contributed by atoms with van der Waals surface area (Å²) in [5.41, 5.74) is 4.49. The number of benzene rings is 1. The van der Waals surface area contributed by atoms with Crippen molar-refractivity contribution in [2.24, 2.45) is 5.92 Å². The van der Waals surface area contributed by atoms with Crippen molar-refractivity contribution in [3.05, 3.63) is 52.6 Å². The minimum Gasteiger partial charge on any atom is -0.336 e. The first-order valence-corrected chi connectivity index (χ1v) is 11.9. The number of hydrogen-bond donors (Lipinski definition) is 0. The lowest BCUT2D eigenvalue weighted by molar-refractivity contribution is -0.133. The number of aryl methyl sites for hydroxylation is 1. The van der Waals surface area contributed by atoms with Gasteiger partial charge in [-0.2, -0.15) is 5.10 Å². The second-order valence-electron chi connectivity index (χ2n) is 9.63. The number of likely N-dealkylation sites (tertiary alicyclic amines) is 1. The fourth-order valence-corrected chi connectivity index (χ4v) is 5.58. The topological polar surface area (TPSA) is 41.4 Å². The summed E-state index contributed by atoms with van der Waals surface area (Å²) in [6.07, 6.45) is 7.80. The molecule has 1 aromatic carbocycles. The summed E-state index contributed by atoms with van der Waals surface area (Å²) < 4.78 is 15.3. The minimum absolute atomic E-state index is 0.224. The third kappa shape index (κ3) is 4.40. The van der Waals surface area contributed by atoms with E-state index < -0.39 is 0 Å². The summed E-state index contributed by atoms with van der Waals surface area (Å²) in [5.74, 6) is 0.612. The maximum absolute atomic E-state index is 13.2. The quantitative estimate of drug-likeness (QED) is 0.731. The van der Waals surface area contributed by atoms with Crippen molar-refractivity contribution in [1.82, 2.24) is 19.6 Å². The Labute approximate surface area is 184 Å². The third-order valence-electron chi connectivity index (χ3n) is 7.62. The van der Waals surface area contributed by atoms with Crippen LogP contribution in [0.25, 0.3) is 0 Å². The number of nitrogens with zero attached hydrogens (tertiary/aromatic N) is 4. The highest BCUT2D eigenvalue weighted by atomic mass is 19.1. The van der Waals surface area contributed by atoms with Crippen molar-refractivity contribution in [2.45, 2.75) is 71.0 Å². The number of carbonyl (C=O) groups excluding carboxylic acids is 1. The molecule has 31 heavy (non-hydrogen) atoms. The van der Waals surface area contributed by atoms with Crippen LogP contribution < -0.4 is 0 Å². The van der Waals surface area contributed by atoms with Crippen molar-refractivity contribution in [1.29, 1.82) is 0 Å². The Morgan fingerprint density at radius 3 is 2.52 bits per heavy atom. The molecule has 1 saturated heterocycles. The molecule has 1 amide bonds. The molecule has 3 aliphatic rings. The molecule has 0 unspecified atom stereocenters. The van der Waals surface area contributed by atoms with Gasteiger partial charge in [-0.1, -0.05) is 12.1 Å². The zero-order valence-electron chi connectivity index (χ0n) is 18.5. The van der Waals surface area contributed by atoms with Gasteiger partial charge >= 0.3 is 0 Å². The smallest absolute Gasteiger partial charge is 0.223 e. The molecule has 6 heteroatoms. The Bertz CT molecular complexity index is 926. The van der Waals surface area contributed by atoms with Crippen LogP contribution in [0.3, 0.4) is 0 Å². The highest BCUT2D eigenvalue weighted by Crippen LogP contribution is 2.32. The van der Waals surface area contributed by atoms with Crippen LogP contribution in [0.4, 0.5) is 4.39 Å². The maximum Gasteiger partial charge on any atom is 0.223 e. The lowest BCUT2D eigenvalue weighted by atomic mass is 9.82. The van der Waals surface area contributed by atoms with E-state index in [-0.39, 0.29) is 5.82 Å². The highest BCUT2D eigenvalue weighted by molar-refractivity contribution is 5.76. The van der Waals surface area contributed by atoms with E-state index >= 15 is 0 Å². The fourth-order valence-electron chi connectivity index (χ4n) is 5.58. The van der Waals surface area contributed by atoms with E-state index in [1.807, 2.05) is 16.5 Å². The van der Waals surface area contributed by atoms with Crippen molar-refractivity contribution in [3.63, 3.8) is 0 Å². The van der Waals surface area contributed by atoms with Crippen molar-refractivity contribution >= 4 is 5.91 Å². The van der Waals surface area contributed by atoms with Crippen LogP contribution in [0.1, 0.15) is 61.0 Å². The molecule has 0 radical (unpaired) electrons. The normalized spacial score (nSPS) is 24.0. The van der Waals surface area contributed by atoms with Crippen LogP contribution in [-0.4, -0.2) is 51.2 Å². The fraction of sp³-hybridized carbons (Fsp3) is 0.600. The molecule has 2 aliphatic heterocycles. The summed E-state index contributed by atoms with van der Waals surface area (Å²) >= 11 is 0. The molecule has 5 nitrogen and oxygen atoms in total. The predicted molar refractivity (Wildman–Crippen MR) is 118 cm³/mol. The number of carbonyl (C=O) groups is 1. The Balaban J connectivity index is 1.20. The highest BCUT2D eigenvalue weighted by Gasteiger charge is 2.32. The van der Waals surface area contributed by atoms with Gasteiger partial charge in [0.15, 0.2) is 0 Å². The second-order valence-corrected chi connectivity index (χ2v) is 9.63. The molecular formula is C25H33FN4O. The number of aromatic nitrogens is 2. The molecule has 1 aromatic heterocycles. The van der Waals surface area contributed by atoms with Crippen molar-refractivity contribution in [2.75, 3.05) is 19.6 Å². The molecule has 0 atom stereocenters. The van der Waals surface area contributed by atoms with Crippen LogP contribution in [0.15, 0.2) is 24.3 Å². The maximum atomic E-state index is 13.2. The van der Waals surface area contributed by atoms with E-state index in [1.165, 1.54) is 62.9 Å². The Morgan fingerprint density at radius 1 is 1.10 bits per heavy atom. The molecule has 2 aromatic rings. The van der Waals surface area contributed by atoms with Gasteiger partial charge in [0.1, 0.15) is 5.82 Å². The number of rotatable bonds is 5. The number of halogens is 1. The van der Waals surface area contributed by atoms with Gasteiger partial charge in [-0.05, 0) is 87.7 Å². The molecule has 1 aliphatic carbocycles. The Hall–Kier alpha value is -2.21. The summed E-state index contributed by atoms with van der Waals surface area (Å²) in [6.45, 7) is 6.63. The summed E-state index contributed by atoms with van der Waals surface area (Å²) in [7, 11) is 0. The van der Waals surface area contributed by atoms with Crippen LogP contribution in [0, 0.1) is 18.7 Å². The second kappa shape index (κ2) is 8.73. The number of fused-ring (bicyclic) bond motifs is 1. The van der Waals surface area contributed by atoms with Gasteiger partial charge in [0.05, 0.1) is 24.5 Å². The van der Waals surface area contributed by atoms with Gasteiger partial charge in [-0.25, -0.2) is 4.39 Å². The summed E-state index contributed by atoms with van der Waals surface area (Å²) in [5, 5.41) is 4.74. The lowest BCUT2D eigenvalue weighted by Crippen LogP contribution is -2.46. The van der Waals surface area contributed by atoms with E-state index in [1.54, 1.807) is 12.1 Å². The average Bonchev–Trinajstić information content (AvgIpc) is 3.04. The van der Waals surface area contributed by atoms with Gasteiger partial charge in [0, 0.05) is 19.0 Å². The van der Waals surface area contributed by atoms with Crippen molar-refractivity contribution in [3.8, 4) is 0 Å². The SMILES string of the molecule is Cc1nn(Cc2ccc(F)cc2)c2c1CCN(C(=O)CC1CCC(N3CCC3)CC1)C2. The minimum atomic E-state index is -0.224. The largest absolute Gasteiger partial charge is 0.336 e. The van der Waals surface area contributed by atoms with Crippen LogP contribution in [0.5, 0.6) is 0 Å². The van der Waals surface area contributed by atoms with Crippen LogP contribution in [-0.2, 0) is 24.3 Å². The predicted octanol–water partition coefficient (Wildman–Crippen LogP) is 3.92. The Kier molecular flexibility index (Phi) is 5.83. The van der Waals surface area contributed by atoms with Crippen LogP contribution in [0.2, 0.25) is 0 Å². The molecule has 0 bridgehead atoms. The lowest BCUT2D eigenvalue weighted by Gasteiger charge is -2.42.